The van der Waals surface area contributed by atoms with Crippen LogP contribution in [-0.2, 0) is 9.57 Å². The molecular formula is C9H11NO3. The summed E-state index contributed by atoms with van der Waals surface area (Å²) in [6.07, 6.45) is -1.23. The van der Waals surface area contributed by atoms with Crippen LogP contribution in [0.25, 0.3) is 0 Å². The zero-order valence-corrected chi connectivity index (χ0v) is 7.27. The van der Waals surface area contributed by atoms with Crippen LogP contribution in [0.2, 0.25) is 0 Å². The standard InChI is InChI=1S/C9H11NO3/c1-7(12-9(11)13-10)8-5-3-2-4-6-8/h2-7H,10H2,1H3. The monoisotopic (exact) mass is 181 g/mol. The molecule has 2 N–H and O–H groups in total. The van der Waals surface area contributed by atoms with Crippen molar-refractivity contribution in [2.24, 2.45) is 5.90 Å². The Kier molecular flexibility index (Phi) is 3.28. The van der Waals surface area contributed by atoms with E-state index < -0.39 is 6.16 Å². The fourth-order valence-corrected chi connectivity index (χ4v) is 0.964. The highest BCUT2D eigenvalue weighted by atomic mass is 16.8. The van der Waals surface area contributed by atoms with Gasteiger partial charge in [0, 0.05) is 0 Å². The summed E-state index contributed by atoms with van der Waals surface area (Å²) in [5.74, 6) is 4.62. The number of hydrogen-bond donors (Lipinski definition) is 1. The molecule has 0 aliphatic heterocycles. The van der Waals surface area contributed by atoms with Gasteiger partial charge in [-0.3, -0.25) is 0 Å². The van der Waals surface area contributed by atoms with Gasteiger partial charge in [-0.1, -0.05) is 30.3 Å². The molecule has 0 amide bonds. The van der Waals surface area contributed by atoms with Crippen LogP contribution in [0.15, 0.2) is 30.3 Å². The van der Waals surface area contributed by atoms with Gasteiger partial charge >= 0.3 is 6.16 Å². The Bertz CT molecular complexity index is 273. The summed E-state index contributed by atoms with van der Waals surface area (Å²) in [5, 5.41) is 0. The van der Waals surface area contributed by atoms with E-state index in [9.17, 15) is 4.79 Å². The van der Waals surface area contributed by atoms with Crippen molar-refractivity contribution in [1.29, 1.82) is 0 Å². The van der Waals surface area contributed by atoms with E-state index >= 15 is 0 Å². The molecule has 70 valence electrons. The first-order valence-electron chi connectivity index (χ1n) is 3.86. The molecule has 0 radical (unpaired) electrons. The molecule has 4 heteroatoms. The summed E-state index contributed by atoms with van der Waals surface area (Å²) in [6.45, 7) is 1.74. The number of rotatable bonds is 2. The molecule has 1 aromatic carbocycles. The number of ether oxygens (including phenoxy) is 1. The maximum Gasteiger partial charge on any atom is 0.528 e. The normalized spacial score (nSPS) is 11.8. The van der Waals surface area contributed by atoms with Crippen LogP contribution in [0.4, 0.5) is 4.79 Å². The molecule has 4 nitrogen and oxygen atoms in total. The van der Waals surface area contributed by atoms with E-state index in [0.29, 0.717) is 0 Å². The molecule has 0 fully saturated rings. The maximum atomic E-state index is 10.6. The van der Waals surface area contributed by atoms with Crippen LogP contribution in [0.3, 0.4) is 0 Å². The molecule has 1 rings (SSSR count). The minimum absolute atomic E-state index is 0.350. The van der Waals surface area contributed by atoms with Gasteiger partial charge in [0.05, 0.1) is 0 Å². The first kappa shape index (κ1) is 9.54. The van der Waals surface area contributed by atoms with E-state index in [1.54, 1.807) is 6.92 Å². The molecule has 0 aromatic heterocycles. The Hall–Kier alpha value is -1.55. The third-order valence-electron chi connectivity index (χ3n) is 1.64. The number of carbonyl (C=O) groups is 1. The van der Waals surface area contributed by atoms with Gasteiger partial charge in [0.25, 0.3) is 0 Å². The lowest BCUT2D eigenvalue weighted by Gasteiger charge is -2.11. The lowest BCUT2D eigenvalue weighted by molar-refractivity contribution is 0.0282. The molecule has 13 heavy (non-hydrogen) atoms. The fourth-order valence-electron chi connectivity index (χ4n) is 0.964. The fraction of sp³-hybridized carbons (Fsp3) is 0.222. The summed E-state index contributed by atoms with van der Waals surface area (Å²) in [6, 6.07) is 9.33. The van der Waals surface area contributed by atoms with Crippen molar-refractivity contribution in [3.63, 3.8) is 0 Å². The number of nitrogens with two attached hydrogens (primary N) is 1. The van der Waals surface area contributed by atoms with Crippen molar-refractivity contribution in [2.45, 2.75) is 13.0 Å². The van der Waals surface area contributed by atoms with Crippen molar-refractivity contribution in [1.82, 2.24) is 0 Å². The maximum absolute atomic E-state index is 10.6. The molecule has 0 bridgehead atoms. The van der Waals surface area contributed by atoms with Crippen LogP contribution in [0.1, 0.15) is 18.6 Å². The highest BCUT2D eigenvalue weighted by molar-refractivity contribution is 5.59. The van der Waals surface area contributed by atoms with Gasteiger partial charge in [0.2, 0.25) is 0 Å². The zero-order chi connectivity index (χ0) is 9.68. The van der Waals surface area contributed by atoms with Gasteiger partial charge in [0.1, 0.15) is 6.10 Å². The Morgan fingerprint density at radius 2 is 2.00 bits per heavy atom. The molecule has 0 heterocycles. The second kappa shape index (κ2) is 4.47. The summed E-state index contributed by atoms with van der Waals surface area (Å²) in [5.41, 5.74) is 0.896. The van der Waals surface area contributed by atoms with Crippen molar-refractivity contribution in [3.05, 3.63) is 35.9 Å². The molecular weight excluding hydrogens is 170 g/mol. The van der Waals surface area contributed by atoms with Crippen LogP contribution < -0.4 is 5.90 Å². The highest BCUT2D eigenvalue weighted by Gasteiger charge is 2.10. The Morgan fingerprint density at radius 3 is 2.54 bits per heavy atom. The SMILES string of the molecule is CC(OC(=O)ON)c1ccccc1. The van der Waals surface area contributed by atoms with Gasteiger partial charge in [-0.2, -0.15) is 5.90 Å². The average molecular weight is 181 g/mol. The molecule has 1 atom stereocenters. The first-order chi connectivity index (χ1) is 6.24. The van der Waals surface area contributed by atoms with Crippen LogP contribution >= 0.6 is 0 Å². The molecule has 0 saturated carbocycles. The average Bonchev–Trinajstić information content (AvgIpc) is 2.19. The molecule has 1 aromatic rings. The molecule has 0 saturated heterocycles. The quantitative estimate of drug-likeness (QED) is 0.558. The van der Waals surface area contributed by atoms with Gasteiger partial charge in [-0.05, 0) is 12.5 Å². The van der Waals surface area contributed by atoms with E-state index in [4.69, 9.17) is 4.74 Å². The van der Waals surface area contributed by atoms with Gasteiger partial charge in [-0.25, -0.2) is 4.79 Å². The highest BCUT2D eigenvalue weighted by Crippen LogP contribution is 2.15. The summed E-state index contributed by atoms with van der Waals surface area (Å²) in [4.78, 5) is 14.5. The Balaban J connectivity index is 2.59. The third-order valence-corrected chi connectivity index (χ3v) is 1.64. The van der Waals surface area contributed by atoms with Crippen molar-refractivity contribution < 1.29 is 14.4 Å². The van der Waals surface area contributed by atoms with Crippen LogP contribution in [0.5, 0.6) is 0 Å². The Morgan fingerprint density at radius 1 is 1.38 bits per heavy atom. The third kappa shape index (κ3) is 2.76. The van der Waals surface area contributed by atoms with Crippen LogP contribution in [0, 0.1) is 0 Å². The van der Waals surface area contributed by atoms with Gasteiger partial charge in [0.15, 0.2) is 0 Å². The van der Waals surface area contributed by atoms with Crippen molar-refractivity contribution in [2.75, 3.05) is 0 Å². The second-order valence-electron chi connectivity index (χ2n) is 2.54. The molecule has 0 spiro atoms. The van der Waals surface area contributed by atoms with E-state index in [2.05, 4.69) is 10.7 Å². The lowest BCUT2D eigenvalue weighted by Crippen LogP contribution is -2.14. The lowest BCUT2D eigenvalue weighted by atomic mass is 10.1. The Labute approximate surface area is 76.2 Å². The minimum atomic E-state index is -0.878. The second-order valence-corrected chi connectivity index (χ2v) is 2.54. The first-order valence-corrected chi connectivity index (χ1v) is 3.86. The smallest absolute Gasteiger partial charge is 0.425 e. The zero-order valence-electron chi connectivity index (χ0n) is 7.27. The van der Waals surface area contributed by atoms with Gasteiger partial charge in [-0.15, -0.1) is 0 Å². The van der Waals surface area contributed by atoms with E-state index in [0.717, 1.165) is 5.56 Å². The number of carbonyl (C=O) groups excluding carboxylic acids is 1. The largest absolute Gasteiger partial charge is 0.528 e. The summed E-state index contributed by atoms with van der Waals surface area (Å²) >= 11 is 0. The van der Waals surface area contributed by atoms with E-state index in [1.807, 2.05) is 30.3 Å². The van der Waals surface area contributed by atoms with Crippen molar-refractivity contribution >= 4 is 6.16 Å². The predicted octanol–water partition coefficient (Wildman–Crippen LogP) is 1.77. The number of benzene rings is 1. The van der Waals surface area contributed by atoms with Crippen LogP contribution in [-0.4, -0.2) is 6.16 Å². The topological polar surface area (TPSA) is 61.5 Å². The van der Waals surface area contributed by atoms with Gasteiger partial charge < -0.3 is 9.57 Å². The summed E-state index contributed by atoms with van der Waals surface area (Å²) in [7, 11) is 0. The van der Waals surface area contributed by atoms with Crippen molar-refractivity contribution in [3.8, 4) is 0 Å². The summed E-state index contributed by atoms with van der Waals surface area (Å²) < 4.78 is 4.80. The molecule has 0 aliphatic carbocycles. The predicted molar refractivity (Wildman–Crippen MR) is 46.6 cm³/mol. The van der Waals surface area contributed by atoms with E-state index in [1.165, 1.54) is 0 Å². The minimum Gasteiger partial charge on any atom is -0.425 e. The molecule has 0 aliphatic rings. The number of hydrogen-bond acceptors (Lipinski definition) is 4. The van der Waals surface area contributed by atoms with E-state index in [-0.39, 0.29) is 6.10 Å². The molecule has 1 unspecified atom stereocenters.